The first-order valence-electron chi connectivity index (χ1n) is 6.49. The van der Waals surface area contributed by atoms with Crippen LogP contribution in [0.1, 0.15) is 19.8 Å². The number of piperidine rings is 1. The molecule has 1 heterocycles. The van der Waals surface area contributed by atoms with E-state index in [-0.39, 0.29) is 20.4 Å². The van der Waals surface area contributed by atoms with Crippen LogP contribution in [0.5, 0.6) is 0 Å². The van der Waals surface area contributed by atoms with Gasteiger partial charge in [-0.2, -0.15) is 0 Å². The van der Waals surface area contributed by atoms with Gasteiger partial charge in [-0.05, 0) is 53.9 Å². The summed E-state index contributed by atoms with van der Waals surface area (Å²) in [6, 6.07) is 2.48. The third-order valence-electron chi connectivity index (χ3n) is 3.75. The lowest BCUT2D eigenvalue weighted by molar-refractivity contribution is -0.384. The van der Waals surface area contributed by atoms with Gasteiger partial charge in [0.1, 0.15) is 11.5 Å². The molecule has 1 fully saturated rings. The van der Waals surface area contributed by atoms with Crippen LogP contribution in [0.15, 0.2) is 12.1 Å². The summed E-state index contributed by atoms with van der Waals surface area (Å²) in [5.41, 5.74) is 0.263. The van der Waals surface area contributed by atoms with Gasteiger partial charge in [-0.1, -0.05) is 6.92 Å². The van der Waals surface area contributed by atoms with E-state index in [1.54, 1.807) is 22.6 Å². The molecular weight excluding hydrogens is 376 g/mol. The van der Waals surface area contributed by atoms with Crippen molar-refractivity contribution in [2.45, 2.75) is 19.8 Å². The molecule has 0 atom stereocenters. The molecule has 1 aliphatic heterocycles. The normalized spacial score (nSPS) is 17.8. The van der Waals surface area contributed by atoms with E-state index in [4.69, 9.17) is 0 Å². The van der Waals surface area contributed by atoms with Crippen LogP contribution >= 0.6 is 22.6 Å². The van der Waals surface area contributed by atoms with Crippen LogP contribution < -0.4 is 10.6 Å². The van der Waals surface area contributed by atoms with Crippen LogP contribution in [0.3, 0.4) is 0 Å². The summed E-state index contributed by atoms with van der Waals surface area (Å²) >= 11 is 1.76. The fraction of sp³-hybridized carbons (Fsp3) is 0.538. The fourth-order valence-corrected chi connectivity index (χ4v) is 2.80. The maximum absolute atomic E-state index is 13.6. The van der Waals surface area contributed by atoms with Gasteiger partial charge in [-0.25, -0.2) is 4.39 Å². The van der Waals surface area contributed by atoms with Gasteiger partial charge in [0, 0.05) is 18.7 Å². The third-order valence-corrected chi connectivity index (χ3v) is 4.58. The van der Waals surface area contributed by atoms with Crippen molar-refractivity contribution in [3.63, 3.8) is 0 Å². The Morgan fingerprint density at radius 1 is 1.50 bits per heavy atom. The second kappa shape index (κ2) is 6.21. The Labute approximate surface area is 130 Å². The maximum atomic E-state index is 13.6. The van der Waals surface area contributed by atoms with Crippen molar-refractivity contribution in [3.05, 3.63) is 31.6 Å². The van der Waals surface area contributed by atoms with Crippen LogP contribution in [0.4, 0.5) is 15.8 Å². The van der Waals surface area contributed by atoms with Crippen LogP contribution in [0.2, 0.25) is 0 Å². The summed E-state index contributed by atoms with van der Waals surface area (Å²) in [5, 5.41) is 17.4. The van der Waals surface area contributed by atoms with Gasteiger partial charge in [0.25, 0.3) is 5.69 Å². The first-order valence-corrected chi connectivity index (χ1v) is 7.57. The Hall–Kier alpha value is -0.960. The summed E-state index contributed by atoms with van der Waals surface area (Å²) in [6.07, 6.45) is 2.00. The Morgan fingerprint density at radius 3 is 2.75 bits per heavy atom. The average molecular weight is 393 g/mol. The quantitative estimate of drug-likeness (QED) is 0.469. The molecule has 1 aliphatic rings. The maximum Gasteiger partial charge on any atom is 0.293 e. The minimum Gasteiger partial charge on any atom is -0.379 e. The van der Waals surface area contributed by atoms with Crippen molar-refractivity contribution in [1.29, 1.82) is 0 Å². The van der Waals surface area contributed by atoms with Gasteiger partial charge < -0.3 is 10.6 Å². The van der Waals surface area contributed by atoms with Gasteiger partial charge in [0.15, 0.2) is 0 Å². The van der Waals surface area contributed by atoms with Gasteiger partial charge in [0.05, 0.1) is 8.49 Å². The number of nitrogens with one attached hydrogen (secondary N) is 2. The van der Waals surface area contributed by atoms with Crippen molar-refractivity contribution in [2.75, 3.05) is 25.0 Å². The highest BCUT2D eigenvalue weighted by molar-refractivity contribution is 14.1. The molecule has 0 radical (unpaired) electrons. The third kappa shape index (κ3) is 3.57. The average Bonchev–Trinajstić information content (AvgIpc) is 2.40. The Balaban J connectivity index is 2.16. The van der Waals surface area contributed by atoms with E-state index in [1.165, 1.54) is 12.1 Å². The van der Waals surface area contributed by atoms with E-state index in [0.29, 0.717) is 6.54 Å². The zero-order valence-corrected chi connectivity index (χ0v) is 13.4. The highest BCUT2D eigenvalue weighted by atomic mass is 127. The molecule has 0 amide bonds. The van der Waals surface area contributed by atoms with E-state index in [9.17, 15) is 14.5 Å². The largest absolute Gasteiger partial charge is 0.379 e. The number of halogens is 2. The molecule has 0 spiro atoms. The predicted molar refractivity (Wildman–Crippen MR) is 84.5 cm³/mol. The number of hydrogen-bond donors (Lipinski definition) is 2. The summed E-state index contributed by atoms with van der Waals surface area (Å²) in [6.45, 7) is 4.65. The topological polar surface area (TPSA) is 67.2 Å². The smallest absolute Gasteiger partial charge is 0.293 e. The molecule has 0 bridgehead atoms. The molecule has 7 heteroatoms. The SMILES string of the molecule is CC1(CNc2cc(F)c(I)cc2[N+](=O)[O-])CCNCC1. The fourth-order valence-electron chi connectivity index (χ4n) is 2.34. The van der Waals surface area contributed by atoms with Crippen molar-refractivity contribution in [1.82, 2.24) is 5.32 Å². The van der Waals surface area contributed by atoms with Gasteiger partial charge >= 0.3 is 0 Å². The molecular formula is C13H17FIN3O2. The van der Waals surface area contributed by atoms with Crippen molar-refractivity contribution < 1.29 is 9.31 Å². The molecule has 110 valence electrons. The highest BCUT2D eigenvalue weighted by Gasteiger charge is 2.27. The first kappa shape index (κ1) is 15.4. The molecule has 2 N–H and O–H groups in total. The minimum absolute atomic E-state index is 0.0756. The summed E-state index contributed by atoms with van der Waals surface area (Å²) in [7, 11) is 0. The number of nitro benzene ring substituents is 1. The number of hydrogen-bond acceptors (Lipinski definition) is 4. The molecule has 2 rings (SSSR count). The van der Waals surface area contributed by atoms with Gasteiger partial charge in [-0.15, -0.1) is 0 Å². The molecule has 1 aromatic rings. The van der Waals surface area contributed by atoms with Crippen molar-refractivity contribution >= 4 is 34.0 Å². The zero-order chi connectivity index (χ0) is 14.8. The molecule has 20 heavy (non-hydrogen) atoms. The lowest BCUT2D eigenvalue weighted by Gasteiger charge is -2.34. The number of rotatable bonds is 4. The Morgan fingerprint density at radius 2 is 2.15 bits per heavy atom. The molecule has 0 aromatic heterocycles. The zero-order valence-electron chi connectivity index (χ0n) is 11.2. The number of nitrogens with zero attached hydrogens (tertiary/aromatic N) is 1. The molecule has 0 aliphatic carbocycles. The lowest BCUT2D eigenvalue weighted by Crippen LogP contribution is -2.39. The van der Waals surface area contributed by atoms with Gasteiger partial charge in [0.2, 0.25) is 0 Å². The number of nitro groups is 1. The van der Waals surface area contributed by atoms with Gasteiger partial charge in [-0.3, -0.25) is 10.1 Å². The first-order chi connectivity index (χ1) is 9.41. The second-order valence-corrected chi connectivity index (χ2v) is 6.62. The molecule has 1 saturated heterocycles. The summed E-state index contributed by atoms with van der Waals surface area (Å²) < 4.78 is 13.9. The van der Waals surface area contributed by atoms with E-state index in [0.717, 1.165) is 25.9 Å². The Kier molecular flexibility index (Phi) is 4.79. The molecule has 0 unspecified atom stereocenters. The molecule has 5 nitrogen and oxygen atoms in total. The van der Waals surface area contributed by atoms with E-state index < -0.39 is 10.7 Å². The van der Waals surface area contributed by atoms with Crippen molar-refractivity contribution in [2.24, 2.45) is 5.41 Å². The monoisotopic (exact) mass is 393 g/mol. The molecule has 1 aromatic carbocycles. The highest BCUT2D eigenvalue weighted by Crippen LogP contribution is 2.32. The van der Waals surface area contributed by atoms with E-state index in [1.807, 2.05) is 0 Å². The Bertz CT molecular complexity index is 519. The van der Waals surface area contributed by atoms with Crippen LogP contribution in [0, 0.1) is 24.9 Å². The van der Waals surface area contributed by atoms with Crippen LogP contribution in [-0.4, -0.2) is 24.6 Å². The van der Waals surface area contributed by atoms with E-state index >= 15 is 0 Å². The van der Waals surface area contributed by atoms with Crippen LogP contribution in [-0.2, 0) is 0 Å². The summed E-state index contributed by atoms with van der Waals surface area (Å²) in [5.74, 6) is -0.436. The summed E-state index contributed by atoms with van der Waals surface area (Å²) in [4.78, 5) is 10.6. The van der Waals surface area contributed by atoms with E-state index in [2.05, 4.69) is 17.6 Å². The predicted octanol–water partition coefficient (Wildman–Crippen LogP) is 3.14. The molecule has 0 saturated carbocycles. The van der Waals surface area contributed by atoms with Crippen molar-refractivity contribution in [3.8, 4) is 0 Å². The number of anilines is 1. The lowest BCUT2D eigenvalue weighted by atomic mass is 9.81. The minimum atomic E-state index is -0.477. The second-order valence-electron chi connectivity index (χ2n) is 5.45. The standard InChI is InChI=1S/C13H17FIN3O2/c1-13(2-4-16-5-3-13)8-17-11-6-9(14)10(15)7-12(11)18(19)20/h6-7,16-17H,2-5,8H2,1H3. The number of benzene rings is 1. The van der Waals surface area contributed by atoms with Crippen LogP contribution in [0.25, 0.3) is 0 Å².